The zero-order chi connectivity index (χ0) is 40.8. The van der Waals surface area contributed by atoms with E-state index in [-0.39, 0.29) is 10.8 Å². The highest BCUT2D eigenvalue weighted by Gasteiger charge is 2.47. The number of benzene rings is 8. The highest BCUT2D eigenvalue weighted by atomic mass is 16.3. The van der Waals surface area contributed by atoms with Gasteiger partial charge in [-0.25, -0.2) is 0 Å². The van der Waals surface area contributed by atoms with Crippen molar-refractivity contribution in [3.8, 4) is 22.3 Å². The van der Waals surface area contributed by atoms with Gasteiger partial charge in [-0.2, -0.15) is 0 Å². The minimum Gasteiger partial charge on any atom is -0.454 e. The summed E-state index contributed by atoms with van der Waals surface area (Å²) in [5.74, 6) is 0. The van der Waals surface area contributed by atoms with Crippen molar-refractivity contribution in [3.63, 3.8) is 0 Å². The first-order chi connectivity index (χ1) is 29.2. The molecule has 0 atom stereocenters. The van der Waals surface area contributed by atoms with Crippen molar-refractivity contribution in [2.45, 2.75) is 63.7 Å². The summed E-state index contributed by atoms with van der Waals surface area (Å²) in [4.78, 5) is 2.47. The summed E-state index contributed by atoms with van der Waals surface area (Å²) in [6.45, 7) is 12.0. The van der Waals surface area contributed by atoms with Crippen LogP contribution < -0.4 is 4.90 Å². The van der Waals surface area contributed by atoms with Crippen LogP contribution >= 0.6 is 0 Å². The van der Waals surface area contributed by atoms with Crippen molar-refractivity contribution in [1.29, 1.82) is 0 Å². The highest BCUT2D eigenvalue weighted by molar-refractivity contribution is 6.11. The molecule has 0 radical (unpaired) electrons. The van der Waals surface area contributed by atoms with E-state index in [0.29, 0.717) is 0 Å². The Morgan fingerprint density at radius 1 is 0.433 bits per heavy atom. The zero-order valence-electron chi connectivity index (χ0n) is 35.1. The van der Waals surface area contributed by atoms with E-state index in [1.807, 2.05) is 0 Å². The highest BCUT2D eigenvalue weighted by Crippen LogP contribution is 2.60. The molecule has 2 heteroatoms. The number of nitrogens with zero attached hydrogens (tertiary/aromatic N) is 1. The molecule has 1 aromatic heterocycles. The van der Waals surface area contributed by atoms with Crippen LogP contribution in [0, 0.1) is 6.92 Å². The van der Waals surface area contributed by atoms with Gasteiger partial charge in [0, 0.05) is 22.0 Å². The third kappa shape index (κ3) is 5.33. The molecule has 8 aromatic carbocycles. The fourth-order valence-electron chi connectivity index (χ4n) is 10.8. The zero-order valence-corrected chi connectivity index (χ0v) is 35.1. The van der Waals surface area contributed by atoms with Crippen LogP contribution in [0.25, 0.3) is 44.2 Å². The molecule has 0 amide bonds. The average Bonchev–Trinajstić information content (AvgIpc) is 3.80. The molecule has 1 heterocycles. The predicted octanol–water partition coefficient (Wildman–Crippen LogP) is 15.7. The molecule has 2 aliphatic carbocycles. The fourth-order valence-corrected chi connectivity index (χ4v) is 10.8. The van der Waals surface area contributed by atoms with Crippen LogP contribution in [0.1, 0.15) is 79.5 Å². The second-order valence-corrected chi connectivity index (χ2v) is 18.3. The Morgan fingerprint density at radius 2 is 1.02 bits per heavy atom. The smallest absolute Gasteiger partial charge is 0.159 e. The Bertz CT molecular complexity index is 3060. The molecular weight excluding hydrogens is 727 g/mol. The number of fused-ring (bicyclic) bond motifs is 7. The maximum absolute atomic E-state index is 6.88. The second kappa shape index (κ2) is 13.4. The normalized spacial score (nSPS) is 15.7. The number of anilines is 3. The van der Waals surface area contributed by atoms with Gasteiger partial charge in [0.2, 0.25) is 0 Å². The lowest BCUT2D eigenvalue weighted by molar-refractivity contribution is 0.332. The number of hydrogen-bond acceptors (Lipinski definition) is 2. The maximum atomic E-state index is 6.88. The van der Waals surface area contributed by atoms with Crippen molar-refractivity contribution in [1.82, 2.24) is 0 Å². The quantitative estimate of drug-likeness (QED) is 0.167. The molecule has 0 saturated carbocycles. The van der Waals surface area contributed by atoms with Crippen LogP contribution in [-0.4, -0.2) is 0 Å². The van der Waals surface area contributed by atoms with Crippen LogP contribution in [0.2, 0.25) is 0 Å². The van der Waals surface area contributed by atoms with Crippen molar-refractivity contribution < 1.29 is 4.42 Å². The molecule has 0 bridgehead atoms. The van der Waals surface area contributed by atoms with E-state index in [4.69, 9.17) is 4.42 Å². The number of furan rings is 1. The van der Waals surface area contributed by atoms with Gasteiger partial charge in [0.25, 0.3) is 0 Å². The number of hydrogen-bond donors (Lipinski definition) is 0. The third-order valence-electron chi connectivity index (χ3n) is 13.9. The lowest BCUT2D eigenvalue weighted by Crippen LogP contribution is -2.34. The van der Waals surface area contributed by atoms with E-state index in [2.05, 4.69) is 222 Å². The molecule has 0 N–H and O–H groups in total. The Hall–Kier alpha value is -6.64. The van der Waals surface area contributed by atoms with Gasteiger partial charge < -0.3 is 9.32 Å². The Labute approximate surface area is 353 Å². The lowest BCUT2D eigenvalue weighted by Gasteiger charge is -2.42. The summed E-state index contributed by atoms with van der Waals surface area (Å²) < 4.78 is 6.88. The molecule has 0 aliphatic heterocycles. The van der Waals surface area contributed by atoms with Crippen LogP contribution in [0.4, 0.5) is 17.1 Å². The molecule has 0 saturated heterocycles. The minimum absolute atomic E-state index is 0.0472. The van der Waals surface area contributed by atoms with Crippen molar-refractivity contribution in [3.05, 3.63) is 221 Å². The summed E-state index contributed by atoms with van der Waals surface area (Å²) in [5.41, 5.74) is 18.9. The standard InChI is InChI=1S/C58H49NO/c1-38-34-50-51(57(4,5)33-32-56(50,2)3)36-45(38)47-35-46-42-26-15-17-29-48(42)58(39-20-9-6-10-21-39,40-22-11-7-12-23-40)49(46)37-53(47)59(41-24-13-8-14-25-41)52-30-19-28-44-43-27-16-18-31-54(43)60-55(44)52/h6-31,34-37H,32-33H2,1-5H3. The van der Waals surface area contributed by atoms with Gasteiger partial charge in [0.15, 0.2) is 5.58 Å². The monoisotopic (exact) mass is 775 g/mol. The van der Waals surface area contributed by atoms with Crippen LogP contribution in [0.15, 0.2) is 186 Å². The summed E-state index contributed by atoms with van der Waals surface area (Å²) in [7, 11) is 0. The molecule has 9 aromatic rings. The van der Waals surface area contributed by atoms with E-state index in [0.717, 1.165) is 45.4 Å². The van der Waals surface area contributed by atoms with Crippen molar-refractivity contribution >= 4 is 39.0 Å². The second-order valence-electron chi connectivity index (χ2n) is 18.3. The maximum Gasteiger partial charge on any atom is 0.159 e. The van der Waals surface area contributed by atoms with Crippen LogP contribution in [0.3, 0.4) is 0 Å². The summed E-state index contributed by atoms with van der Waals surface area (Å²) in [5, 5.41) is 2.23. The lowest BCUT2D eigenvalue weighted by atomic mass is 9.62. The summed E-state index contributed by atoms with van der Waals surface area (Å²) in [6.07, 6.45) is 2.33. The molecule has 2 aliphatic rings. The SMILES string of the molecule is Cc1cc2c(cc1-c1cc3c(cc1N(c1ccccc1)c1cccc4c1oc1ccccc14)C(c1ccccc1)(c1ccccc1)c1ccccc1-3)C(C)(C)CCC2(C)C. The third-order valence-corrected chi connectivity index (χ3v) is 13.9. The molecular formula is C58H49NO. The van der Waals surface area contributed by atoms with E-state index < -0.39 is 5.41 Å². The Morgan fingerprint density at radius 3 is 1.72 bits per heavy atom. The van der Waals surface area contributed by atoms with E-state index >= 15 is 0 Å². The molecule has 2 nitrogen and oxygen atoms in total. The van der Waals surface area contributed by atoms with Gasteiger partial charge in [0.1, 0.15) is 5.58 Å². The van der Waals surface area contributed by atoms with Gasteiger partial charge in [0.05, 0.1) is 16.8 Å². The first-order valence-electron chi connectivity index (χ1n) is 21.5. The molecule has 0 unspecified atom stereocenters. The Balaban J connectivity index is 1.31. The number of rotatable bonds is 6. The fraction of sp³-hybridized carbons (Fsp3) is 0.172. The molecule has 60 heavy (non-hydrogen) atoms. The average molecular weight is 776 g/mol. The summed E-state index contributed by atoms with van der Waals surface area (Å²) >= 11 is 0. The van der Waals surface area contributed by atoms with E-state index in [1.54, 1.807) is 0 Å². The molecule has 0 fully saturated rings. The minimum atomic E-state index is -0.563. The first kappa shape index (κ1) is 36.4. The Kier molecular flexibility index (Phi) is 8.16. The molecule has 0 spiro atoms. The predicted molar refractivity (Wildman–Crippen MR) is 251 cm³/mol. The van der Waals surface area contributed by atoms with E-state index in [9.17, 15) is 0 Å². The van der Waals surface area contributed by atoms with Crippen LogP contribution in [-0.2, 0) is 16.2 Å². The van der Waals surface area contributed by atoms with E-state index in [1.165, 1.54) is 67.6 Å². The van der Waals surface area contributed by atoms with Gasteiger partial charge >= 0.3 is 0 Å². The summed E-state index contributed by atoms with van der Waals surface area (Å²) in [6, 6.07) is 67.4. The van der Waals surface area contributed by atoms with Gasteiger partial charge in [-0.1, -0.05) is 167 Å². The largest absolute Gasteiger partial charge is 0.454 e. The first-order valence-corrected chi connectivity index (χ1v) is 21.5. The number of aryl methyl sites for hydroxylation is 1. The molecule has 11 rings (SSSR count). The molecule has 292 valence electrons. The van der Waals surface area contributed by atoms with Gasteiger partial charge in [-0.05, 0) is 129 Å². The van der Waals surface area contributed by atoms with Crippen LogP contribution in [0.5, 0.6) is 0 Å². The number of para-hydroxylation sites is 3. The van der Waals surface area contributed by atoms with Crippen molar-refractivity contribution in [2.24, 2.45) is 0 Å². The van der Waals surface area contributed by atoms with Gasteiger partial charge in [-0.3, -0.25) is 0 Å². The van der Waals surface area contributed by atoms with Gasteiger partial charge in [-0.15, -0.1) is 0 Å². The van der Waals surface area contributed by atoms with Crippen molar-refractivity contribution in [2.75, 3.05) is 4.90 Å². The topological polar surface area (TPSA) is 16.4 Å².